The number of urea groups is 1. The van der Waals surface area contributed by atoms with Crippen LogP contribution >= 0.6 is 0 Å². The zero-order valence-electron chi connectivity index (χ0n) is 18.2. The SMILES string of the molecule is COCCOCCOCCOCCOC(=O)[C@@H]1C[C@]2(NC(=O)NC2=O)c2cc(F)ccc2O1. The van der Waals surface area contributed by atoms with Crippen molar-refractivity contribution in [1.29, 1.82) is 0 Å². The van der Waals surface area contributed by atoms with Crippen molar-refractivity contribution in [1.82, 2.24) is 10.6 Å². The first-order valence-corrected chi connectivity index (χ1v) is 10.5. The molecule has 0 unspecified atom stereocenters. The van der Waals surface area contributed by atoms with Gasteiger partial charge in [-0.05, 0) is 18.2 Å². The van der Waals surface area contributed by atoms with Crippen LogP contribution in [0.4, 0.5) is 9.18 Å². The molecular formula is C21H27FN2O9. The fourth-order valence-corrected chi connectivity index (χ4v) is 3.46. The summed E-state index contributed by atoms with van der Waals surface area (Å²) in [6.07, 6.45) is -1.41. The van der Waals surface area contributed by atoms with Crippen LogP contribution in [0.1, 0.15) is 12.0 Å². The lowest BCUT2D eigenvalue weighted by molar-refractivity contribution is -0.156. The third-order valence-corrected chi connectivity index (χ3v) is 5.01. The summed E-state index contributed by atoms with van der Waals surface area (Å²) < 4.78 is 45.4. The average Bonchev–Trinajstić information content (AvgIpc) is 3.07. The van der Waals surface area contributed by atoms with Gasteiger partial charge in [-0.3, -0.25) is 10.1 Å². The van der Waals surface area contributed by atoms with E-state index in [0.717, 1.165) is 12.1 Å². The number of imide groups is 1. The smallest absolute Gasteiger partial charge is 0.347 e. The summed E-state index contributed by atoms with van der Waals surface area (Å²) in [6, 6.07) is 2.80. The fraction of sp³-hybridized carbons (Fsp3) is 0.571. The Kier molecular flexibility index (Phi) is 8.95. The largest absolute Gasteiger partial charge is 0.478 e. The third kappa shape index (κ3) is 6.38. The van der Waals surface area contributed by atoms with E-state index in [1.165, 1.54) is 6.07 Å². The van der Waals surface area contributed by atoms with Gasteiger partial charge in [0, 0.05) is 19.1 Å². The monoisotopic (exact) mass is 470 g/mol. The van der Waals surface area contributed by atoms with Crippen molar-refractivity contribution in [3.05, 3.63) is 29.6 Å². The molecule has 2 N–H and O–H groups in total. The maximum Gasteiger partial charge on any atom is 0.347 e. The standard InChI is InChI=1S/C21H27FN2O9/c1-28-4-5-29-6-7-30-8-9-31-10-11-32-18(25)17-13-21(19(26)23-20(27)24-21)15-12-14(22)2-3-16(15)33-17/h2-3,12,17H,4-11,13H2,1H3,(H2,23,24,26,27)/t17-,21-/m0/s1. The first kappa shape index (κ1) is 24.8. The van der Waals surface area contributed by atoms with Crippen LogP contribution in [0.3, 0.4) is 0 Å². The lowest BCUT2D eigenvalue weighted by atomic mass is 9.81. The number of amides is 3. The third-order valence-electron chi connectivity index (χ3n) is 5.01. The second-order valence-electron chi connectivity index (χ2n) is 7.26. The van der Waals surface area contributed by atoms with E-state index in [2.05, 4.69) is 10.6 Å². The van der Waals surface area contributed by atoms with Crippen molar-refractivity contribution < 1.29 is 47.2 Å². The highest BCUT2D eigenvalue weighted by molar-refractivity contribution is 6.08. The van der Waals surface area contributed by atoms with Gasteiger partial charge in [0.05, 0.1) is 46.2 Å². The number of esters is 1. The van der Waals surface area contributed by atoms with Gasteiger partial charge in [0.25, 0.3) is 5.91 Å². The van der Waals surface area contributed by atoms with Crippen LogP contribution < -0.4 is 15.4 Å². The van der Waals surface area contributed by atoms with E-state index in [9.17, 15) is 18.8 Å². The van der Waals surface area contributed by atoms with Gasteiger partial charge < -0.3 is 33.7 Å². The molecule has 2 atom stereocenters. The summed E-state index contributed by atoms with van der Waals surface area (Å²) in [5, 5.41) is 4.62. The molecule has 0 bridgehead atoms. The maximum absolute atomic E-state index is 13.8. The minimum absolute atomic E-state index is 0.0410. The van der Waals surface area contributed by atoms with Crippen LogP contribution in [0.5, 0.6) is 5.75 Å². The van der Waals surface area contributed by atoms with Gasteiger partial charge in [0.15, 0.2) is 11.6 Å². The quantitative estimate of drug-likeness (QED) is 0.237. The molecule has 0 radical (unpaired) electrons. The Labute approximate surface area is 189 Å². The van der Waals surface area contributed by atoms with Gasteiger partial charge >= 0.3 is 12.0 Å². The van der Waals surface area contributed by atoms with Crippen LogP contribution in [-0.4, -0.2) is 84.0 Å². The molecule has 182 valence electrons. The van der Waals surface area contributed by atoms with Gasteiger partial charge in [0.2, 0.25) is 0 Å². The molecule has 2 aliphatic heterocycles. The number of carbonyl (C=O) groups is 3. The number of methoxy groups -OCH3 is 1. The van der Waals surface area contributed by atoms with E-state index in [1.54, 1.807) is 7.11 Å². The molecule has 3 rings (SSSR count). The second kappa shape index (κ2) is 11.9. The molecule has 1 fully saturated rings. The van der Waals surface area contributed by atoms with Crippen molar-refractivity contribution in [3.63, 3.8) is 0 Å². The Morgan fingerprint density at radius 3 is 2.30 bits per heavy atom. The van der Waals surface area contributed by atoms with Gasteiger partial charge in [-0.15, -0.1) is 0 Å². The lowest BCUT2D eigenvalue weighted by Crippen LogP contribution is -2.52. The van der Waals surface area contributed by atoms with Crippen LogP contribution in [0.15, 0.2) is 18.2 Å². The highest BCUT2D eigenvalue weighted by Crippen LogP contribution is 2.41. The number of rotatable bonds is 13. The highest BCUT2D eigenvalue weighted by atomic mass is 19.1. The Hall–Kier alpha value is -2.80. The summed E-state index contributed by atoms with van der Waals surface area (Å²) in [7, 11) is 1.60. The predicted molar refractivity (Wildman–Crippen MR) is 109 cm³/mol. The molecule has 0 saturated carbocycles. The van der Waals surface area contributed by atoms with Crippen LogP contribution in [0.25, 0.3) is 0 Å². The van der Waals surface area contributed by atoms with E-state index >= 15 is 0 Å². The zero-order valence-corrected chi connectivity index (χ0v) is 18.2. The summed E-state index contributed by atoms with van der Waals surface area (Å²) in [6.45, 7) is 2.68. The van der Waals surface area contributed by atoms with Crippen molar-refractivity contribution >= 4 is 17.9 Å². The molecule has 1 saturated heterocycles. The normalized spacial score (nSPS) is 21.3. The van der Waals surface area contributed by atoms with Crippen LogP contribution in [0.2, 0.25) is 0 Å². The zero-order chi connectivity index (χ0) is 23.7. The molecular weight excluding hydrogens is 443 g/mol. The van der Waals surface area contributed by atoms with Crippen LogP contribution in [-0.2, 0) is 38.8 Å². The highest BCUT2D eigenvalue weighted by Gasteiger charge is 2.55. The number of benzene rings is 1. The molecule has 11 nitrogen and oxygen atoms in total. The summed E-state index contributed by atoms with van der Waals surface area (Å²) in [5.41, 5.74) is -1.47. The molecule has 1 aromatic rings. The summed E-state index contributed by atoms with van der Waals surface area (Å²) in [4.78, 5) is 36.8. The number of halogens is 1. The van der Waals surface area contributed by atoms with E-state index in [1.807, 2.05) is 0 Å². The Morgan fingerprint density at radius 2 is 1.70 bits per heavy atom. The first-order valence-electron chi connectivity index (χ1n) is 10.5. The van der Waals surface area contributed by atoms with Crippen molar-refractivity contribution in [2.24, 2.45) is 0 Å². The van der Waals surface area contributed by atoms with Crippen molar-refractivity contribution in [2.45, 2.75) is 18.1 Å². The number of fused-ring (bicyclic) bond motifs is 2. The van der Waals surface area contributed by atoms with Gasteiger partial charge in [-0.2, -0.15) is 0 Å². The lowest BCUT2D eigenvalue weighted by Gasteiger charge is -2.36. The average molecular weight is 470 g/mol. The molecule has 2 heterocycles. The first-order chi connectivity index (χ1) is 16.0. The van der Waals surface area contributed by atoms with E-state index in [0.29, 0.717) is 39.6 Å². The number of hydrogen-bond donors (Lipinski definition) is 2. The van der Waals surface area contributed by atoms with Crippen LogP contribution in [0, 0.1) is 5.82 Å². The molecule has 1 aromatic carbocycles. The molecule has 1 spiro atoms. The second-order valence-corrected chi connectivity index (χ2v) is 7.26. The van der Waals surface area contributed by atoms with E-state index < -0.39 is 35.4 Å². The fourth-order valence-electron chi connectivity index (χ4n) is 3.46. The number of nitrogens with one attached hydrogen (secondary N) is 2. The maximum atomic E-state index is 13.8. The van der Waals surface area contributed by atoms with Gasteiger partial charge in [-0.1, -0.05) is 0 Å². The minimum atomic E-state index is -1.61. The molecule has 3 amide bonds. The minimum Gasteiger partial charge on any atom is -0.478 e. The summed E-state index contributed by atoms with van der Waals surface area (Å²) >= 11 is 0. The summed E-state index contributed by atoms with van der Waals surface area (Å²) in [5.74, 6) is -1.91. The topological polar surface area (TPSA) is 131 Å². The Morgan fingerprint density at radius 1 is 1.06 bits per heavy atom. The molecule has 33 heavy (non-hydrogen) atoms. The molecule has 0 aromatic heterocycles. The Balaban J connectivity index is 1.41. The van der Waals surface area contributed by atoms with Crippen molar-refractivity contribution in [2.75, 3.05) is 60.0 Å². The number of carbonyl (C=O) groups excluding carboxylic acids is 3. The predicted octanol–water partition coefficient (Wildman–Crippen LogP) is 0.251. The van der Waals surface area contributed by atoms with E-state index in [4.69, 9.17) is 28.4 Å². The van der Waals surface area contributed by atoms with Gasteiger partial charge in [0.1, 0.15) is 18.2 Å². The molecule has 12 heteroatoms. The molecule has 0 aliphatic carbocycles. The van der Waals surface area contributed by atoms with E-state index in [-0.39, 0.29) is 30.9 Å². The number of ether oxygens (including phenoxy) is 6. The number of hydrogen-bond acceptors (Lipinski definition) is 9. The molecule has 2 aliphatic rings. The van der Waals surface area contributed by atoms with Crippen molar-refractivity contribution in [3.8, 4) is 5.75 Å². The Bertz CT molecular complexity index is 853. The van der Waals surface area contributed by atoms with Gasteiger partial charge in [-0.25, -0.2) is 14.0 Å².